The molecule has 0 aliphatic rings. The molecule has 2 rings (SSSR count). The summed E-state index contributed by atoms with van der Waals surface area (Å²) in [5, 5.41) is 1.68. The Kier molecular flexibility index (Phi) is 3.01. The summed E-state index contributed by atoms with van der Waals surface area (Å²) in [6.07, 6.45) is -2.95. The summed E-state index contributed by atoms with van der Waals surface area (Å²) >= 11 is 3.32. The van der Waals surface area contributed by atoms with E-state index < -0.39 is 12.2 Å². The average molecular weight is 285 g/mol. The lowest BCUT2D eigenvalue weighted by atomic mass is 10.0. The van der Waals surface area contributed by atoms with Crippen molar-refractivity contribution >= 4 is 32.5 Å². The number of benzene rings is 2. The summed E-state index contributed by atoms with van der Waals surface area (Å²) in [7, 11) is 0. The van der Waals surface area contributed by atoms with Gasteiger partial charge < -0.3 is 0 Å². The third-order valence-electron chi connectivity index (χ3n) is 2.29. The standard InChI is InChI=1S/C12H7BrF2O/c13-10-4-3-7-5-9(11(16)12(14)15)2-1-8(7)6-10/h1-6,12H. The summed E-state index contributed by atoms with van der Waals surface area (Å²) in [6.45, 7) is 0. The van der Waals surface area contributed by atoms with Crippen molar-refractivity contribution in [2.45, 2.75) is 6.43 Å². The predicted molar refractivity (Wildman–Crippen MR) is 62.0 cm³/mol. The zero-order valence-corrected chi connectivity index (χ0v) is 9.67. The summed E-state index contributed by atoms with van der Waals surface area (Å²) in [5.74, 6) is -1.13. The normalized spacial score (nSPS) is 11.0. The van der Waals surface area contributed by atoms with E-state index in [4.69, 9.17) is 0 Å². The van der Waals surface area contributed by atoms with Crippen LogP contribution in [0.15, 0.2) is 40.9 Å². The molecule has 0 amide bonds. The Balaban J connectivity index is 2.52. The molecule has 0 aliphatic carbocycles. The maximum absolute atomic E-state index is 12.2. The highest BCUT2D eigenvalue weighted by Gasteiger charge is 2.17. The lowest BCUT2D eigenvalue weighted by Crippen LogP contribution is -2.09. The van der Waals surface area contributed by atoms with E-state index in [1.54, 1.807) is 18.2 Å². The number of alkyl halides is 2. The minimum Gasteiger partial charge on any atom is -0.288 e. The van der Waals surface area contributed by atoms with E-state index in [0.717, 1.165) is 15.2 Å². The monoisotopic (exact) mass is 284 g/mol. The second kappa shape index (κ2) is 4.29. The molecular formula is C12H7BrF2O. The van der Waals surface area contributed by atoms with Gasteiger partial charge in [-0.15, -0.1) is 0 Å². The van der Waals surface area contributed by atoms with Crippen molar-refractivity contribution in [2.75, 3.05) is 0 Å². The highest BCUT2D eigenvalue weighted by atomic mass is 79.9. The van der Waals surface area contributed by atoms with Gasteiger partial charge in [-0.1, -0.05) is 34.1 Å². The first-order valence-corrected chi connectivity index (χ1v) is 5.39. The second-order valence-electron chi connectivity index (χ2n) is 3.37. The first-order valence-electron chi connectivity index (χ1n) is 4.59. The number of hydrogen-bond donors (Lipinski definition) is 0. The lowest BCUT2D eigenvalue weighted by Gasteiger charge is -2.02. The molecule has 0 aliphatic heterocycles. The molecule has 16 heavy (non-hydrogen) atoms. The van der Waals surface area contributed by atoms with Crippen molar-refractivity contribution in [1.29, 1.82) is 0 Å². The van der Waals surface area contributed by atoms with Crippen LogP contribution in [0, 0.1) is 0 Å². The van der Waals surface area contributed by atoms with Gasteiger partial charge in [0.1, 0.15) is 0 Å². The molecule has 0 spiro atoms. The van der Waals surface area contributed by atoms with Crippen LogP contribution >= 0.6 is 15.9 Å². The van der Waals surface area contributed by atoms with Gasteiger partial charge in [-0.3, -0.25) is 4.79 Å². The van der Waals surface area contributed by atoms with Crippen molar-refractivity contribution in [3.8, 4) is 0 Å². The number of carbonyl (C=O) groups excluding carboxylic acids is 1. The smallest absolute Gasteiger partial charge is 0.288 e. The maximum Gasteiger partial charge on any atom is 0.300 e. The first-order chi connectivity index (χ1) is 7.58. The van der Waals surface area contributed by atoms with Crippen molar-refractivity contribution in [1.82, 2.24) is 0 Å². The summed E-state index contributed by atoms with van der Waals surface area (Å²) in [6, 6.07) is 10.0. The quantitative estimate of drug-likeness (QED) is 0.761. The fraction of sp³-hybridized carbons (Fsp3) is 0.0833. The van der Waals surface area contributed by atoms with E-state index in [2.05, 4.69) is 15.9 Å². The van der Waals surface area contributed by atoms with Gasteiger partial charge in [0.2, 0.25) is 5.78 Å². The van der Waals surface area contributed by atoms with Gasteiger partial charge >= 0.3 is 6.43 Å². The molecule has 0 bridgehead atoms. The Bertz CT molecular complexity index is 552. The molecule has 0 N–H and O–H groups in total. The average Bonchev–Trinajstić information content (AvgIpc) is 2.27. The van der Waals surface area contributed by atoms with Gasteiger partial charge in [0.15, 0.2) is 0 Å². The van der Waals surface area contributed by atoms with E-state index in [-0.39, 0.29) is 5.56 Å². The molecule has 0 atom stereocenters. The van der Waals surface area contributed by atoms with Crippen LogP contribution in [-0.2, 0) is 0 Å². The molecule has 0 radical (unpaired) electrons. The fourth-order valence-corrected chi connectivity index (χ4v) is 1.87. The fourth-order valence-electron chi connectivity index (χ4n) is 1.50. The number of fused-ring (bicyclic) bond motifs is 1. The number of halogens is 3. The number of rotatable bonds is 2. The molecule has 4 heteroatoms. The van der Waals surface area contributed by atoms with Crippen LogP contribution in [0.4, 0.5) is 8.78 Å². The molecule has 2 aromatic carbocycles. The summed E-state index contributed by atoms with van der Waals surface area (Å²) in [4.78, 5) is 11.1. The molecule has 0 unspecified atom stereocenters. The van der Waals surface area contributed by atoms with E-state index in [9.17, 15) is 13.6 Å². The molecule has 0 aromatic heterocycles. The first kappa shape index (κ1) is 11.2. The second-order valence-corrected chi connectivity index (χ2v) is 4.29. The van der Waals surface area contributed by atoms with Crippen molar-refractivity contribution < 1.29 is 13.6 Å². The van der Waals surface area contributed by atoms with Crippen LogP contribution in [-0.4, -0.2) is 12.2 Å². The van der Waals surface area contributed by atoms with Crippen molar-refractivity contribution in [2.24, 2.45) is 0 Å². The van der Waals surface area contributed by atoms with Crippen LogP contribution in [0.1, 0.15) is 10.4 Å². The van der Waals surface area contributed by atoms with Crippen LogP contribution < -0.4 is 0 Å². The van der Waals surface area contributed by atoms with Crippen LogP contribution in [0.5, 0.6) is 0 Å². The van der Waals surface area contributed by atoms with E-state index in [0.29, 0.717) is 0 Å². The highest BCUT2D eigenvalue weighted by molar-refractivity contribution is 9.10. The zero-order valence-electron chi connectivity index (χ0n) is 8.08. The van der Waals surface area contributed by atoms with E-state index >= 15 is 0 Å². The van der Waals surface area contributed by atoms with Gasteiger partial charge in [0.25, 0.3) is 0 Å². The van der Waals surface area contributed by atoms with E-state index in [1.165, 1.54) is 12.1 Å². The molecule has 0 saturated carbocycles. The number of Topliss-reactive ketones (excluding diaryl/α,β-unsaturated/α-hetero) is 1. The van der Waals surface area contributed by atoms with Gasteiger partial charge in [0.05, 0.1) is 0 Å². The van der Waals surface area contributed by atoms with Gasteiger partial charge in [-0.2, -0.15) is 0 Å². The third kappa shape index (κ3) is 2.11. The number of hydrogen-bond acceptors (Lipinski definition) is 1. The Morgan fingerprint density at radius 1 is 1.06 bits per heavy atom. The Morgan fingerprint density at radius 2 is 1.69 bits per heavy atom. The lowest BCUT2D eigenvalue weighted by molar-refractivity contribution is 0.0679. The number of ketones is 1. The molecule has 0 heterocycles. The Labute approximate surface area is 99.2 Å². The predicted octanol–water partition coefficient (Wildman–Crippen LogP) is 4.05. The van der Waals surface area contributed by atoms with Crippen molar-refractivity contribution in [3.05, 3.63) is 46.4 Å². The third-order valence-corrected chi connectivity index (χ3v) is 2.78. The highest BCUT2D eigenvalue weighted by Crippen LogP contribution is 2.21. The maximum atomic E-state index is 12.2. The molecular weight excluding hydrogens is 278 g/mol. The van der Waals surface area contributed by atoms with Crippen LogP contribution in [0.3, 0.4) is 0 Å². The van der Waals surface area contributed by atoms with Crippen molar-refractivity contribution in [3.63, 3.8) is 0 Å². The number of carbonyl (C=O) groups is 1. The summed E-state index contributed by atoms with van der Waals surface area (Å²) in [5.41, 5.74) is 0.0461. The van der Waals surface area contributed by atoms with Gasteiger partial charge in [-0.25, -0.2) is 8.78 Å². The van der Waals surface area contributed by atoms with E-state index in [1.807, 2.05) is 6.07 Å². The topological polar surface area (TPSA) is 17.1 Å². The molecule has 82 valence electrons. The minimum absolute atomic E-state index is 0.0461. The Morgan fingerprint density at radius 3 is 2.38 bits per heavy atom. The molecule has 0 saturated heterocycles. The summed E-state index contributed by atoms with van der Waals surface area (Å²) < 4.78 is 25.4. The van der Waals surface area contributed by atoms with Crippen LogP contribution in [0.2, 0.25) is 0 Å². The minimum atomic E-state index is -2.95. The van der Waals surface area contributed by atoms with Gasteiger partial charge in [-0.05, 0) is 29.0 Å². The Hall–Kier alpha value is -1.29. The largest absolute Gasteiger partial charge is 0.300 e. The molecule has 1 nitrogen and oxygen atoms in total. The zero-order chi connectivity index (χ0) is 11.7. The molecule has 2 aromatic rings. The van der Waals surface area contributed by atoms with Crippen LogP contribution in [0.25, 0.3) is 10.8 Å². The van der Waals surface area contributed by atoms with Gasteiger partial charge in [0, 0.05) is 10.0 Å². The molecule has 0 fully saturated rings. The SMILES string of the molecule is O=C(c1ccc2cc(Br)ccc2c1)C(F)F.